The van der Waals surface area contributed by atoms with Gasteiger partial charge in [-0.05, 0) is 36.0 Å². The van der Waals surface area contributed by atoms with Crippen molar-refractivity contribution in [2.75, 3.05) is 5.32 Å². The molecule has 0 bridgehead atoms. The second-order valence-electron chi connectivity index (χ2n) is 4.31. The molecular weight excluding hydrogens is 310 g/mol. The van der Waals surface area contributed by atoms with E-state index in [4.69, 9.17) is 4.74 Å². The summed E-state index contributed by atoms with van der Waals surface area (Å²) >= 11 is 0.737. The van der Waals surface area contributed by atoms with Crippen molar-refractivity contribution in [1.82, 2.24) is 4.98 Å². The summed E-state index contributed by atoms with van der Waals surface area (Å²) in [6.07, 6.45) is 1.06. The van der Waals surface area contributed by atoms with Gasteiger partial charge in [0.15, 0.2) is 5.13 Å². The largest absolute Gasteiger partial charge is 0.426 e. The average Bonchev–Trinajstić information content (AvgIpc) is 2.86. The van der Waals surface area contributed by atoms with Crippen LogP contribution in [0.4, 0.5) is 10.1 Å². The molecule has 0 atom stereocenters. The van der Waals surface area contributed by atoms with E-state index in [1.165, 1.54) is 13.0 Å². The monoisotopic (exact) mass is 321 g/mol. The zero-order valence-electron chi connectivity index (χ0n) is 11.7. The first-order valence-electron chi connectivity index (χ1n) is 6.07. The van der Waals surface area contributed by atoms with Crippen molar-refractivity contribution in [2.45, 2.75) is 13.8 Å². The maximum Gasteiger partial charge on any atom is 0.345 e. The van der Waals surface area contributed by atoms with Crippen LogP contribution in [0.3, 0.4) is 0 Å². The zero-order chi connectivity index (χ0) is 16.3. The molecule has 0 saturated heterocycles. The Morgan fingerprint density at radius 3 is 2.73 bits per heavy atom. The number of aryl methyl sites for hydroxylation is 1. The molecule has 0 radical (unpaired) electrons. The summed E-state index contributed by atoms with van der Waals surface area (Å²) in [4.78, 5) is 37.0. The highest BCUT2D eigenvalue weighted by atomic mass is 32.1. The van der Waals surface area contributed by atoms with Gasteiger partial charge in [-0.25, -0.2) is 4.98 Å². The first-order valence-corrected chi connectivity index (χ1v) is 6.89. The number of hydrogen-bond donors (Lipinski definition) is 1. The fourth-order valence-electron chi connectivity index (χ4n) is 1.63. The van der Waals surface area contributed by atoms with Crippen LogP contribution in [-0.4, -0.2) is 21.8 Å². The van der Waals surface area contributed by atoms with Gasteiger partial charge >= 0.3 is 11.0 Å². The molecule has 22 heavy (non-hydrogen) atoms. The normalized spacial score (nSPS) is 10.1. The molecule has 0 aliphatic heterocycles. The van der Waals surface area contributed by atoms with Crippen LogP contribution in [0.25, 0.3) is 0 Å². The van der Waals surface area contributed by atoms with Gasteiger partial charge in [-0.2, -0.15) is 0 Å². The fraction of sp³-hybridized carbons (Fsp3) is 0.154. The van der Waals surface area contributed by atoms with Gasteiger partial charge in [-0.1, -0.05) is 6.07 Å². The fourth-order valence-corrected chi connectivity index (χ4v) is 2.26. The van der Waals surface area contributed by atoms with E-state index in [9.17, 15) is 19.7 Å². The molecule has 0 spiro atoms. The van der Waals surface area contributed by atoms with E-state index < -0.39 is 16.8 Å². The molecule has 1 aromatic carbocycles. The van der Waals surface area contributed by atoms with Gasteiger partial charge in [0, 0.05) is 6.92 Å². The van der Waals surface area contributed by atoms with Crippen LogP contribution in [0.2, 0.25) is 0 Å². The Hall–Kier alpha value is -2.81. The molecule has 0 saturated carbocycles. The van der Waals surface area contributed by atoms with E-state index in [1.54, 1.807) is 19.1 Å². The highest BCUT2D eigenvalue weighted by Crippen LogP contribution is 2.27. The number of nitro groups is 1. The van der Waals surface area contributed by atoms with Gasteiger partial charge in [0.25, 0.3) is 5.91 Å². The Morgan fingerprint density at radius 2 is 2.14 bits per heavy atom. The van der Waals surface area contributed by atoms with Gasteiger partial charge < -0.3 is 4.74 Å². The number of benzene rings is 1. The molecule has 0 unspecified atom stereocenters. The molecule has 114 valence electrons. The van der Waals surface area contributed by atoms with Gasteiger partial charge in [-0.15, -0.1) is 0 Å². The van der Waals surface area contributed by atoms with Gasteiger partial charge in [0.1, 0.15) is 11.9 Å². The number of nitrogens with zero attached hydrogens (tertiary/aromatic N) is 2. The maximum atomic E-state index is 12.2. The third-order valence-corrected chi connectivity index (χ3v) is 3.39. The van der Waals surface area contributed by atoms with E-state index in [-0.39, 0.29) is 21.4 Å². The summed E-state index contributed by atoms with van der Waals surface area (Å²) in [5.41, 5.74) is 0.955. The molecule has 2 aromatic rings. The number of nitrogens with one attached hydrogen (secondary N) is 1. The first kappa shape index (κ1) is 15.6. The number of amides is 1. The van der Waals surface area contributed by atoms with Crippen LogP contribution in [-0.2, 0) is 4.79 Å². The molecule has 1 aromatic heterocycles. The SMILES string of the molecule is CC(=O)Oc1cc(C)ccc1C(=O)Nc1ncc([N+](=O)[O-])s1. The molecule has 0 aliphatic carbocycles. The highest BCUT2D eigenvalue weighted by molar-refractivity contribution is 7.18. The molecule has 1 N–H and O–H groups in total. The van der Waals surface area contributed by atoms with Crippen molar-refractivity contribution >= 4 is 33.3 Å². The zero-order valence-corrected chi connectivity index (χ0v) is 12.5. The Morgan fingerprint density at radius 1 is 1.41 bits per heavy atom. The number of esters is 1. The summed E-state index contributed by atoms with van der Waals surface area (Å²) in [6.45, 7) is 3.02. The summed E-state index contributed by atoms with van der Waals surface area (Å²) in [7, 11) is 0. The van der Waals surface area contributed by atoms with Crippen LogP contribution in [0, 0.1) is 17.0 Å². The predicted octanol–water partition coefficient (Wildman–Crippen LogP) is 2.54. The number of aromatic nitrogens is 1. The molecular formula is C13H11N3O5S. The topological polar surface area (TPSA) is 111 Å². The third-order valence-electron chi connectivity index (χ3n) is 2.53. The van der Waals surface area contributed by atoms with Crippen molar-refractivity contribution in [1.29, 1.82) is 0 Å². The lowest BCUT2D eigenvalue weighted by molar-refractivity contribution is -0.380. The number of anilines is 1. The minimum absolute atomic E-state index is 0.0889. The molecule has 9 heteroatoms. The summed E-state index contributed by atoms with van der Waals surface area (Å²) < 4.78 is 5.00. The van der Waals surface area contributed by atoms with Gasteiger partial charge in [0.2, 0.25) is 0 Å². The van der Waals surface area contributed by atoms with E-state index >= 15 is 0 Å². The summed E-state index contributed by atoms with van der Waals surface area (Å²) in [5, 5.41) is 12.9. The molecule has 1 amide bonds. The van der Waals surface area contributed by atoms with Crippen LogP contribution in [0.15, 0.2) is 24.4 Å². The van der Waals surface area contributed by atoms with Crippen molar-refractivity contribution in [3.8, 4) is 5.75 Å². The second kappa shape index (κ2) is 6.31. The molecule has 0 aliphatic rings. The Labute approximate surface area is 128 Å². The Balaban J connectivity index is 2.24. The quantitative estimate of drug-likeness (QED) is 0.401. The van der Waals surface area contributed by atoms with Crippen molar-refractivity contribution in [3.63, 3.8) is 0 Å². The number of carbonyl (C=O) groups is 2. The van der Waals surface area contributed by atoms with Crippen LogP contribution in [0.5, 0.6) is 5.75 Å². The van der Waals surface area contributed by atoms with E-state index in [2.05, 4.69) is 10.3 Å². The molecule has 0 fully saturated rings. The number of hydrogen-bond acceptors (Lipinski definition) is 7. The van der Waals surface area contributed by atoms with E-state index in [0.29, 0.717) is 0 Å². The number of thiazole rings is 1. The minimum atomic E-state index is -0.594. The number of rotatable bonds is 4. The smallest absolute Gasteiger partial charge is 0.345 e. The predicted molar refractivity (Wildman–Crippen MR) is 79.2 cm³/mol. The van der Waals surface area contributed by atoms with Crippen LogP contribution >= 0.6 is 11.3 Å². The Kier molecular flexibility index (Phi) is 4.47. The highest BCUT2D eigenvalue weighted by Gasteiger charge is 2.18. The standard InChI is InChI=1S/C13H11N3O5S/c1-7-3-4-9(10(5-7)21-8(2)17)12(18)15-13-14-6-11(22-13)16(19)20/h3-6H,1-2H3,(H,14,15,18). The van der Waals surface area contributed by atoms with Gasteiger partial charge in [0.05, 0.1) is 10.5 Å². The molecule has 8 nitrogen and oxygen atoms in total. The summed E-state index contributed by atoms with van der Waals surface area (Å²) in [6, 6.07) is 4.75. The van der Waals surface area contributed by atoms with Gasteiger partial charge in [-0.3, -0.25) is 25.0 Å². The first-order chi connectivity index (χ1) is 10.4. The van der Waals surface area contributed by atoms with Crippen molar-refractivity contribution < 1.29 is 19.2 Å². The van der Waals surface area contributed by atoms with E-state index in [1.807, 2.05) is 0 Å². The van der Waals surface area contributed by atoms with Crippen molar-refractivity contribution in [3.05, 3.63) is 45.6 Å². The minimum Gasteiger partial charge on any atom is -0.426 e. The maximum absolute atomic E-state index is 12.2. The lowest BCUT2D eigenvalue weighted by Gasteiger charge is -2.09. The second-order valence-corrected chi connectivity index (χ2v) is 5.32. The lowest BCUT2D eigenvalue weighted by atomic mass is 10.1. The Bertz CT molecular complexity index is 756. The average molecular weight is 321 g/mol. The van der Waals surface area contributed by atoms with Crippen molar-refractivity contribution in [2.24, 2.45) is 0 Å². The van der Waals surface area contributed by atoms with Crippen LogP contribution in [0.1, 0.15) is 22.8 Å². The third kappa shape index (κ3) is 3.64. The number of ether oxygens (including phenoxy) is 1. The summed E-state index contributed by atoms with van der Waals surface area (Å²) in [5.74, 6) is -0.999. The lowest BCUT2D eigenvalue weighted by Crippen LogP contribution is -2.14. The van der Waals surface area contributed by atoms with Crippen LogP contribution < -0.4 is 10.1 Å². The molecule has 2 rings (SSSR count). The molecule has 1 heterocycles. The number of carbonyl (C=O) groups excluding carboxylic acids is 2. The van der Waals surface area contributed by atoms with E-state index in [0.717, 1.165) is 23.1 Å².